The Morgan fingerprint density at radius 3 is 2.62 bits per heavy atom. The Labute approximate surface area is 142 Å². The van der Waals surface area contributed by atoms with Crippen molar-refractivity contribution in [2.24, 2.45) is 11.8 Å². The lowest BCUT2D eigenvalue weighted by Crippen LogP contribution is -2.50. The molecule has 1 aromatic rings. The van der Waals surface area contributed by atoms with Crippen molar-refractivity contribution >= 4 is 11.9 Å². The summed E-state index contributed by atoms with van der Waals surface area (Å²) in [5.41, 5.74) is 1.99. The summed E-state index contributed by atoms with van der Waals surface area (Å²) in [5.74, 6) is 0.908. The molecule has 1 aliphatic heterocycles. The highest BCUT2D eigenvalue weighted by Crippen LogP contribution is 2.49. The van der Waals surface area contributed by atoms with Gasteiger partial charge in [0.2, 0.25) is 0 Å². The predicted octanol–water partition coefficient (Wildman–Crippen LogP) is 3.60. The Kier molecular flexibility index (Phi) is 4.19. The van der Waals surface area contributed by atoms with E-state index in [-0.39, 0.29) is 11.8 Å². The van der Waals surface area contributed by atoms with Crippen LogP contribution < -0.4 is 4.74 Å². The predicted molar refractivity (Wildman–Crippen MR) is 90.7 cm³/mol. The summed E-state index contributed by atoms with van der Waals surface area (Å²) >= 11 is 0. The lowest BCUT2D eigenvalue weighted by Gasteiger charge is -2.46. The highest BCUT2D eigenvalue weighted by atomic mass is 16.7. The maximum Gasteiger partial charge on any atom is 0.171 e. The van der Waals surface area contributed by atoms with E-state index in [1.165, 1.54) is 0 Å². The number of Topliss-reactive ketones (excluding diaryl/α,β-unsaturated/α-hetero) is 1. The first-order chi connectivity index (χ1) is 11.7. The third kappa shape index (κ3) is 2.68. The zero-order chi connectivity index (χ0) is 16.6. The number of hydrogen-bond acceptors (Lipinski definition) is 4. The average Bonchev–Trinajstić information content (AvgIpc) is 3.08. The average molecular weight is 328 g/mol. The monoisotopic (exact) mass is 328 g/mol. The van der Waals surface area contributed by atoms with Gasteiger partial charge in [-0.15, -0.1) is 0 Å². The number of rotatable bonds is 2. The number of allylic oxidation sites excluding steroid dienone is 1. The molecule has 128 valence electrons. The molecular formula is C20H24O4. The quantitative estimate of drug-likeness (QED) is 0.778. The van der Waals surface area contributed by atoms with Gasteiger partial charge in [-0.1, -0.05) is 12.1 Å². The van der Waals surface area contributed by atoms with Crippen molar-refractivity contribution in [2.45, 2.75) is 37.9 Å². The molecule has 3 aliphatic rings. The molecule has 2 atom stereocenters. The zero-order valence-corrected chi connectivity index (χ0v) is 14.1. The molecule has 0 amide bonds. The van der Waals surface area contributed by atoms with Gasteiger partial charge in [-0.2, -0.15) is 0 Å². The smallest absolute Gasteiger partial charge is 0.171 e. The molecule has 2 saturated carbocycles. The van der Waals surface area contributed by atoms with Crippen LogP contribution in [0.25, 0.3) is 6.08 Å². The third-order valence-electron chi connectivity index (χ3n) is 5.70. The van der Waals surface area contributed by atoms with Gasteiger partial charge in [0.05, 0.1) is 20.3 Å². The first kappa shape index (κ1) is 15.9. The van der Waals surface area contributed by atoms with E-state index in [4.69, 9.17) is 14.2 Å². The number of ether oxygens (including phenoxy) is 3. The lowest BCUT2D eigenvalue weighted by atomic mass is 9.65. The zero-order valence-electron chi connectivity index (χ0n) is 14.1. The third-order valence-corrected chi connectivity index (χ3v) is 5.70. The molecule has 3 fully saturated rings. The fourth-order valence-electron chi connectivity index (χ4n) is 4.54. The van der Waals surface area contributed by atoms with Crippen LogP contribution in [0, 0.1) is 11.8 Å². The summed E-state index contributed by atoms with van der Waals surface area (Å²) < 4.78 is 17.1. The van der Waals surface area contributed by atoms with Crippen LogP contribution >= 0.6 is 0 Å². The first-order valence-electron chi connectivity index (χ1n) is 8.89. The van der Waals surface area contributed by atoms with Crippen molar-refractivity contribution in [3.05, 3.63) is 35.4 Å². The molecule has 1 heterocycles. The van der Waals surface area contributed by atoms with Crippen LogP contribution in [-0.2, 0) is 14.3 Å². The molecule has 2 aliphatic carbocycles. The molecule has 0 N–H and O–H groups in total. The van der Waals surface area contributed by atoms with Crippen LogP contribution in [0.3, 0.4) is 0 Å². The summed E-state index contributed by atoms with van der Waals surface area (Å²) in [6, 6.07) is 7.85. The summed E-state index contributed by atoms with van der Waals surface area (Å²) in [6.45, 7) is 1.32. The number of carbonyl (C=O) groups is 1. The number of ketones is 1. The normalized spacial score (nSPS) is 30.5. The topological polar surface area (TPSA) is 44.8 Å². The second-order valence-electron chi connectivity index (χ2n) is 6.96. The molecule has 4 rings (SSSR count). The van der Waals surface area contributed by atoms with E-state index in [1.54, 1.807) is 7.11 Å². The van der Waals surface area contributed by atoms with Crippen LogP contribution in [0.2, 0.25) is 0 Å². The molecule has 0 bridgehead atoms. The number of fused-ring (bicyclic) bond motifs is 2. The van der Waals surface area contributed by atoms with E-state index >= 15 is 0 Å². The summed E-state index contributed by atoms with van der Waals surface area (Å²) in [6.07, 6.45) is 6.70. The van der Waals surface area contributed by atoms with E-state index in [0.717, 1.165) is 49.0 Å². The van der Waals surface area contributed by atoms with Crippen LogP contribution in [0.1, 0.15) is 37.7 Å². The summed E-state index contributed by atoms with van der Waals surface area (Å²) in [7, 11) is 1.66. The van der Waals surface area contributed by atoms with Crippen molar-refractivity contribution in [3.63, 3.8) is 0 Å². The van der Waals surface area contributed by atoms with E-state index in [9.17, 15) is 4.79 Å². The summed E-state index contributed by atoms with van der Waals surface area (Å²) in [5, 5.41) is 0. The Bertz CT molecular complexity index is 640. The van der Waals surface area contributed by atoms with E-state index < -0.39 is 5.79 Å². The molecule has 4 heteroatoms. The maximum atomic E-state index is 13.0. The van der Waals surface area contributed by atoms with E-state index in [2.05, 4.69) is 0 Å². The molecular weight excluding hydrogens is 304 g/mol. The molecule has 0 unspecified atom stereocenters. The SMILES string of the molecule is COc1ccc(/C=C2\CC[C@H]3[C@H](CCCC34OCCO4)C2=O)cc1. The van der Waals surface area contributed by atoms with Crippen molar-refractivity contribution in [1.29, 1.82) is 0 Å². The molecule has 1 saturated heterocycles. The largest absolute Gasteiger partial charge is 0.497 e. The van der Waals surface area contributed by atoms with Gasteiger partial charge < -0.3 is 14.2 Å². The fourth-order valence-corrected chi connectivity index (χ4v) is 4.54. The standard InChI is InChI=1S/C20H24O4/c1-22-16-7-4-14(5-8-16)13-15-6-9-18-17(19(15)21)3-2-10-20(18)23-11-12-24-20/h4-5,7-8,13,17-18H,2-3,6,9-12H2,1H3/b15-13+/t17-,18-/m0/s1. The number of methoxy groups -OCH3 is 1. The van der Waals surface area contributed by atoms with Gasteiger partial charge in [0.25, 0.3) is 0 Å². The second kappa shape index (κ2) is 6.34. The second-order valence-corrected chi connectivity index (χ2v) is 6.96. The Morgan fingerprint density at radius 2 is 1.92 bits per heavy atom. The minimum absolute atomic E-state index is 0.0510. The van der Waals surface area contributed by atoms with Crippen molar-refractivity contribution < 1.29 is 19.0 Å². The molecule has 1 spiro atoms. The van der Waals surface area contributed by atoms with Gasteiger partial charge in [-0.25, -0.2) is 0 Å². The van der Waals surface area contributed by atoms with Gasteiger partial charge in [0.1, 0.15) is 5.75 Å². The number of benzene rings is 1. The highest BCUT2D eigenvalue weighted by molar-refractivity contribution is 6.02. The minimum Gasteiger partial charge on any atom is -0.497 e. The maximum absolute atomic E-state index is 13.0. The van der Waals surface area contributed by atoms with Crippen LogP contribution in [0.4, 0.5) is 0 Å². The van der Waals surface area contributed by atoms with E-state index in [1.807, 2.05) is 30.3 Å². The van der Waals surface area contributed by atoms with E-state index in [0.29, 0.717) is 19.0 Å². The fraction of sp³-hybridized carbons (Fsp3) is 0.550. The van der Waals surface area contributed by atoms with Gasteiger partial charge in [-0.3, -0.25) is 4.79 Å². The molecule has 0 aromatic heterocycles. The van der Waals surface area contributed by atoms with Crippen LogP contribution in [0.5, 0.6) is 5.75 Å². The molecule has 24 heavy (non-hydrogen) atoms. The molecule has 1 aromatic carbocycles. The van der Waals surface area contributed by atoms with Gasteiger partial charge in [0.15, 0.2) is 11.6 Å². The van der Waals surface area contributed by atoms with Crippen molar-refractivity contribution in [1.82, 2.24) is 0 Å². The molecule has 4 nitrogen and oxygen atoms in total. The highest BCUT2D eigenvalue weighted by Gasteiger charge is 2.53. The number of carbonyl (C=O) groups excluding carboxylic acids is 1. The number of hydrogen-bond donors (Lipinski definition) is 0. The lowest BCUT2D eigenvalue weighted by molar-refractivity contribution is -0.227. The van der Waals surface area contributed by atoms with Gasteiger partial charge in [0, 0.05) is 18.3 Å². The Balaban J connectivity index is 1.56. The van der Waals surface area contributed by atoms with Crippen molar-refractivity contribution in [3.8, 4) is 5.75 Å². The van der Waals surface area contributed by atoms with Crippen LogP contribution in [-0.4, -0.2) is 31.9 Å². The first-order valence-corrected chi connectivity index (χ1v) is 8.89. The van der Waals surface area contributed by atoms with Crippen LogP contribution in [0.15, 0.2) is 29.8 Å². The van der Waals surface area contributed by atoms with Gasteiger partial charge >= 0.3 is 0 Å². The summed E-state index contributed by atoms with van der Waals surface area (Å²) in [4.78, 5) is 13.0. The Morgan fingerprint density at radius 1 is 1.17 bits per heavy atom. The van der Waals surface area contributed by atoms with Crippen molar-refractivity contribution in [2.75, 3.05) is 20.3 Å². The molecule has 0 radical (unpaired) electrons. The minimum atomic E-state index is -0.482. The Hall–Kier alpha value is -1.65. The van der Waals surface area contributed by atoms with Gasteiger partial charge in [-0.05, 0) is 55.0 Å².